The van der Waals surface area contributed by atoms with Crippen molar-refractivity contribution in [3.63, 3.8) is 0 Å². The number of carbonyl (C=O) groups is 1. The minimum absolute atomic E-state index is 0.279. The zero-order valence-electron chi connectivity index (χ0n) is 12.9. The van der Waals surface area contributed by atoms with Gasteiger partial charge in [-0.2, -0.15) is 0 Å². The van der Waals surface area contributed by atoms with Crippen LogP contribution in [0, 0.1) is 0 Å². The third-order valence-corrected chi connectivity index (χ3v) is 3.53. The first-order valence-corrected chi connectivity index (χ1v) is 7.10. The summed E-state index contributed by atoms with van der Waals surface area (Å²) < 4.78 is 10.4. The van der Waals surface area contributed by atoms with Crippen molar-refractivity contribution in [1.29, 1.82) is 0 Å². The van der Waals surface area contributed by atoms with Crippen molar-refractivity contribution < 1.29 is 14.3 Å². The molecule has 0 aliphatic rings. The molecule has 5 heteroatoms. The van der Waals surface area contributed by atoms with E-state index in [1.54, 1.807) is 31.5 Å². The van der Waals surface area contributed by atoms with Crippen molar-refractivity contribution in [1.82, 2.24) is 4.98 Å². The Labute approximate surface area is 133 Å². The van der Waals surface area contributed by atoms with Crippen molar-refractivity contribution >= 4 is 22.5 Å². The van der Waals surface area contributed by atoms with Gasteiger partial charge in [0.05, 0.1) is 31.0 Å². The first-order valence-electron chi connectivity index (χ1n) is 7.10. The van der Waals surface area contributed by atoms with Gasteiger partial charge in [0.25, 0.3) is 5.91 Å². The number of nitrogens with zero attached hydrogens (tertiary/aromatic N) is 1. The molecule has 0 bridgehead atoms. The Hall–Kier alpha value is -3.08. The van der Waals surface area contributed by atoms with Crippen LogP contribution < -0.4 is 14.8 Å². The number of para-hydroxylation sites is 1. The molecule has 0 aliphatic heterocycles. The van der Waals surface area contributed by atoms with Crippen molar-refractivity contribution in [3.8, 4) is 11.5 Å². The minimum atomic E-state index is -0.279. The third kappa shape index (κ3) is 2.94. The maximum absolute atomic E-state index is 12.6. The molecule has 0 fully saturated rings. The van der Waals surface area contributed by atoms with Gasteiger partial charge in [-0.05, 0) is 30.3 Å². The van der Waals surface area contributed by atoms with Gasteiger partial charge in [-0.25, -0.2) is 0 Å². The molecule has 1 N–H and O–H groups in total. The summed E-state index contributed by atoms with van der Waals surface area (Å²) in [6.45, 7) is 0. The Morgan fingerprint density at radius 1 is 1.04 bits per heavy atom. The number of ether oxygens (including phenoxy) is 2. The molecule has 23 heavy (non-hydrogen) atoms. The van der Waals surface area contributed by atoms with Crippen LogP contribution in [0.2, 0.25) is 0 Å². The van der Waals surface area contributed by atoms with Gasteiger partial charge < -0.3 is 14.8 Å². The lowest BCUT2D eigenvalue weighted by molar-refractivity contribution is 0.102. The molecule has 0 aliphatic carbocycles. The molecular weight excluding hydrogens is 292 g/mol. The average Bonchev–Trinajstić information content (AvgIpc) is 2.61. The van der Waals surface area contributed by atoms with Crippen LogP contribution in [0.15, 0.2) is 54.7 Å². The van der Waals surface area contributed by atoms with E-state index in [1.807, 2.05) is 30.3 Å². The number of aromatic nitrogens is 1. The molecule has 3 aromatic rings. The Morgan fingerprint density at radius 3 is 2.65 bits per heavy atom. The predicted octanol–water partition coefficient (Wildman–Crippen LogP) is 3.50. The predicted molar refractivity (Wildman–Crippen MR) is 89.2 cm³/mol. The number of hydrogen-bond acceptors (Lipinski definition) is 4. The first-order chi connectivity index (χ1) is 11.2. The molecule has 0 atom stereocenters. The topological polar surface area (TPSA) is 60.5 Å². The van der Waals surface area contributed by atoms with Crippen molar-refractivity contribution in [2.24, 2.45) is 0 Å². The fourth-order valence-corrected chi connectivity index (χ4v) is 2.39. The molecule has 0 saturated heterocycles. The van der Waals surface area contributed by atoms with Gasteiger partial charge >= 0.3 is 0 Å². The van der Waals surface area contributed by atoms with E-state index in [2.05, 4.69) is 10.3 Å². The lowest BCUT2D eigenvalue weighted by atomic mass is 10.1. The summed E-state index contributed by atoms with van der Waals surface area (Å²) >= 11 is 0. The molecular formula is C18H16N2O3. The molecule has 0 saturated carbocycles. The van der Waals surface area contributed by atoms with Gasteiger partial charge in [-0.1, -0.05) is 18.2 Å². The first kappa shape index (κ1) is 14.8. The van der Waals surface area contributed by atoms with Crippen LogP contribution in [0.25, 0.3) is 10.9 Å². The van der Waals surface area contributed by atoms with Gasteiger partial charge in [0, 0.05) is 11.6 Å². The molecule has 1 aromatic heterocycles. The summed E-state index contributed by atoms with van der Waals surface area (Å²) in [6, 6.07) is 14.5. The van der Waals surface area contributed by atoms with Crippen molar-refractivity contribution in [2.45, 2.75) is 0 Å². The summed E-state index contributed by atoms with van der Waals surface area (Å²) in [6.07, 6.45) is 1.70. The van der Waals surface area contributed by atoms with Crippen LogP contribution in [0.1, 0.15) is 10.4 Å². The van der Waals surface area contributed by atoms with E-state index in [9.17, 15) is 4.79 Å². The maximum Gasteiger partial charge on any atom is 0.259 e. The quantitative estimate of drug-likeness (QED) is 0.801. The molecule has 3 rings (SSSR count). The van der Waals surface area contributed by atoms with E-state index in [4.69, 9.17) is 9.47 Å². The zero-order valence-corrected chi connectivity index (χ0v) is 12.9. The normalized spacial score (nSPS) is 10.3. The SMILES string of the molecule is COc1ccc(OC)c(C(=O)Nc2cccc3cccnc23)c1. The Morgan fingerprint density at radius 2 is 1.87 bits per heavy atom. The van der Waals surface area contributed by atoms with E-state index >= 15 is 0 Å². The number of hydrogen-bond donors (Lipinski definition) is 1. The second-order valence-electron chi connectivity index (χ2n) is 4.90. The highest BCUT2D eigenvalue weighted by molar-refractivity contribution is 6.09. The molecule has 5 nitrogen and oxygen atoms in total. The monoisotopic (exact) mass is 308 g/mol. The summed E-state index contributed by atoms with van der Waals surface area (Å²) in [4.78, 5) is 17.0. The number of nitrogens with one attached hydrogen (secondary N) is 1. The number of pyridine rings is 1. The summed E-state index contributed by atoms with van der Waals surface area (Å²) in [5.41, 5.74) is 1.79. The number of benzene rings is 2. The number of amides is 1. The number of anilines is 1. The molecule has 1 amide bonds. The minimum Gasteiger partial charge on any atom is -0.497 e. The van der Waals surface area contributed by atoms with Gasteiger partial charge in [-0.3, -0.25) is 9.78 Å². The summed E-state index contributed by atoms with van der Waals surface area (Å²) in [7, 11) is 3.08. The van der Waals surface area contributed by atoms with E-state index in [-0.39, 0.29) is 5.91 Å². The molecule has 0 unspecified atom stereocenters. The largest absolute Gasteiger partial charge is 0.497 e. The lowest BCUT2D eigenvalue weighted by Crippen LogP contribution is -2.13. The van der Waals surface area contributed by atoms with E-state index in [0.717, 1.165) is 10.9 Å². The van der Waals surface area contributed by atoms with Crippen LogP contribution >= 0.6 is 0 Å². The average molecular weight is 308 g/mol. The summed E-state index contributed by atoms with van der Waals surface area (Å²) in [5.74, 6) is 0.794. The van der Waals surface area contributed by atoms with E-state index < -0.39 is 0 Å². The van der Waals surface area contributed by atoms with E-state index in [0.29, 0.717) is 22.7 Å². The van der Waals surface area contributed by atoms with E-state index in [1.165, 1.54) is 7.11 Å². The number of carbonyl (C=O) groups excluding carboxylic acids is 1. The molecule has 0 radical (unpaired) electrons. The highest BCUT2D eigenvalue weighted by Crippen LogP contribution is 2.26. The molecule has 1 heterocycles. The second kappa shape index (κ2) is 6.36. The Balaban J connectivity index is 1.98. The van der Waals surface area contributed by atoms with Crippen LogP contribution in [0.3, 0.4) is 0 Å². The second-order valence-corrected chi connectivity index (χ2v) is 4.90. The summed E-state index contributed by atoms with van der Waals surface area (Å²) in [5, 5.41) is 3.85. The standard InChI is InChI=1S/C18H16N2O3/c1-22-13-8-9-16(23-2)14(11-13)18(21)20-15-7-3-5-12-6-4-10-19-17(12)15/h3-11H,1-2H3,(H,20,21). The number of fused-ring (bicyclic) bond motifs is 1. The van der Waals surface area contributed by atoms with Gasteiger partial charge in [0.2, 0.25) is 0 Å². The number of methoxy groups -OCH3 is 2. The van der Waals surface area contributed by atoms with Crippen LogP contribution in [0.4, 0.5) is 5.69 Å². The van der Waals surface area contributed by atoms with Crippen LogP contribution in [0.5, 0.6) is 11.5 Å². The van der Waals surface area contributed by atoms with Gasteiger partial charge in [-0.15, -0.1) is 0 Å². The van der Waals surface area contributed by atoms with Gasteiger partial charge in [0.1, 0.15) is 11.5 Å². The lowest BCUT2D eigenvalue weighted by Gasteiger charge is -2.12. The van der Waals surface area contributed by atoms with Crippen molar-refractivity contribution in [2.75, 3.05) is 19.5 Å². The highest BCUT2D eigenvalue weighted by atomic mass is 16.5. The maximum atomic E-state index is 12.6. The smallest absolute Gasteiger partial charge is 0.259 e. The van der Waals surface area contributed by atoms with Gasteiger partial charge in [0.15, 0.2) is 0 Å². The zero-order chi connectivity index (χ0) is 16.2. The molecule has 116 valence electrons. The third-order valence-electron chi connectivity index (χ3n) is 3.53. The highest BCUT2D eigenvalue weighted by Gasteiger charge is 2.15. The molecule has 2 aromatic carbocycles. The Kier molecular flexibility index (Phi) is 4.10. The van der Waals surface area contributed by atoms with Crippen LogP contribution in [-0.2, 0) is 0 Å². The van der Waals surface area contributed by atoms with Crippen LogP contribution in [-0.4, -0.2) is 25.1 Å². The fraction of sp³-hybridized carbons (Fsp3) is 0.111. The Bertz CT molecular complexity index is 857. The number of rotatable bonds is 4. The molecule has 0 spiro atoms. The van der Waals surface area contributed by atoms with Crippen molar-refractivity contribution in [3.05, 3.63) is 60.3 Å². The fourth-order valence-electron chi connectivity index (χ4n) is 2.39.